The number of urea groups is 1. The van der Waals surface area contributed by atoms with E-state index in [4.69, 9.17) is 14.7 Å². The van der Waals surface area contributed by atoms with Gasteiger partial charge in [-0.15, -0.1) is 0 Å². The first-order valence-electron chi connectivity index (χ1n) is 8.40. The first-order chi connectivity index (χ1) is 12.6. The van der Waals surface area contributed by atoms with Gasteiger partial charge in [0.05, 0.1) is 25.9 Å². The molecular formula is C20H21N3O3. The Balaban J connectivity index is 1.66. The molecule has 134 valence electrons. The number of nitriles is 1. The van der Waals surface area contributed by atoms with E-state index in [-0.39, 0.29) is 6.03 Å². The number of nitrogens with one attached hydrogen (secondary N) is 1. The third kappa shape index (κ3) is 3.72. The van der Waals surface area contributed by atoms with Crippen molar-refractivity contribution in [2.75, 3.05) is 20.8 Å². The van der Waals surface area contributed by atoms with Gasteiger partial charge in [0.1, 0.15) is 0 Å². The molecule has 0 aliphatic carbocycles. The average molecular weight is 351 g/mol. The molecule has 0 saturated carbocycles. The molecule has 2 aromatic rings. The molecule has 26 heavy (non-hydrogen) atoms. The molecule has 0 bridgehead atoms. The number of hydrogen-bond acceptors (Lipinski definition) is 4. The third-order valence-corrected chi connectivity index (χ3v) is 4.51. The quantitative estimate of drug-likeness (QED) is 0.919. The van der Waals surface area contributed by atoms with E-state index in [9.17, 15) is 4.79 Å². The first-order valence-corrected chi connectivity index (χ1v) is 8.40. The Labute approximate surface area is 152 Å². The van der Waals surface area contributed by atoms with Crippen LogP contribution in [0.25, 0.3) is 0 Å². The molecule has 3 rings (SSSR count). The monoisotopic (exact) mass is 351 g/mol. The van der Waals surface area contributed by atoms with Crippen molar-refractivity contribution >= 4 is 6.03 Å². The molecule has 0 saturated heterocycles. The lowest BCUT2D eigenvalue weighted by atomic mass is 9.99. The van der Waals surface area contributed by atoms with E-state index in [0.717, 1.165) is 17.5 Å². The highest BCUT2D eigenvalue weighted by Crippen LogP contribution is 2.33. The predicted molar refractivity (Wildman–Crippen MR) is 97.1 cm³/mol. The fourth-order valence-electron chi connectivity index (χ4n) is 3.10. The van der Waals surface area contributed by atoms with E-state index in [2.05, 4.69) is 11.4 Å². The van der Waals surface area contributed by atoms with Crippen LogP contribution in [0.5, 0.6) is 11.5 Å². The van der Waals surface area contributed by atoms with Gasteiger partial charge >= 0.3 is 6.03 Å². The minimum absolute atomic E-state index is 0.118. The molecule has 2 aromatic carbocycles. The Hall–Kier alpha value is -3.20. The standard InChI is InChI=1S/C20H21N3O3/c1-25-18-9-16-6-7-23(13-17(16)10-19(18)26-2)20(24)22-12-15-5-3-4-14(8-15)11-21/h3-5,8-10H,6-7,12-13H2,1-2H3,(H,22,24). The smallest absolute Gasteiger partial charge is 0.317 e. The highest BCUT2D eigenvalue weighted by molar-refractivity contribution is 5.74. The van der Waals surface area contributed by atoms with Crippen LogP contribution < -0.4 is 14.8 Å². The van der Waals surface area contributed by atoms with Gasteiger partial charge in [0.2, 0.25) is 0 Å². The van der Waals surface area contributed by atoms with Crippen LogP contribution in [0.4, 0.5) is 4.79 Å². The highest BCUT2D eigenvalue weighted by atomic mass is 16.5. The summed E-state index contributed by atoms with van der Waals surface area (Å²) < 4.78 is 10.7. The van der Waals surface area contributed by atoms with E-state index >= 15 is 0 Å². The third-order valence-electron chi connectivity index (χ3n) is 4.51. The number of rotatable bonds is 4. The normalized spacial score (nSPS) is 12.7. The predicted octanol–water partition coefficient (Wildman–Crippen LogP) is 2.84. The summed E-state index contributed by atoms with van der Waals surface area (Å²) in [4.78, 5) is 14.3. The fourth-order valence-corrected chi connectivity index (χ4v) is 3.10. The molecule has 1 aliphatic heterocycles. The second-order valence-electron chi connectivity index (χ2n) is 6.12. The Morgan fingerprint density at radius 1 is 1.19 bits per heavy atom. The van der Waals surface area contributed by atoms with Crippen LogP contribution in [-0.2, 0) is 19.5 Å². The number of ether oxygens (including phenoxy) is 2. The average Bonchev–Trinajstić information content (AvgIpc) is 2.70. The van der Waals surface area contributed by atoms with Crippen molar-refractivity contribution in [1.82, 2.24) is 10.2 Å². The lowest BCUT2D eigenvalue weighted by molar-refractivity contribution is 0.191. The molecule has 0 atom stereocenters. The van der Waals surface area contributed by atoms with Crippen molar-refractivity contribution in [2.24, 2.45) is 0 Å². The van der Waals surface area contributed by atoms with Gasteiger partial charge in [-0.1, -0.05) is 12.1 Å². The van der Waals surface area contributed by atoms with Gasteiger partial charge in [-0.2, -0.15) is 5.26 Å². The van der Waals surface area contributed by atoms with E-state index in [1.54, 1.807) is 31.3 Å². The summed E-state index contributed by atoms with van der Waals surface area (Å²) in [6, 6.07) is 13.1. The minimum Gasteiger partial charge on any atom is -0.493 e. The zero-order valence-corrected chi connectivity index (χ0v) is 14.9. The van der Waals surface area contributed by atoms with Gasteiger partial charge in [0, 0.05) is 19.6 Å². The topological polar surface area (TPSA) is 74.6 Å². The Bertz CT molecular complexity index is 858. The zero-order chi connectivity index (χ0) is 18.5. The number of methoxy groups -OCH3 is 2. The lowest BCUT2D eigenvalue weighted by Crippen LogP contribution is -2.42. The second kappa shape index (κ2) is 7.79. The molecule has 0 aromatic heterocycles. The molecular weight excluding hydrogens is 330 g/mol. The van der Waals surface area contributed by atoms with Crippen molar-refractivity contribution in [3.8, 4) is 17.6 Å². The maximum absolute atomic E-state index is 12.5. The molecule has 1 heterocycles. The summed E-state index contributed by atoms with van der Waals surface area (Å²) in [5.41, 5.74) is 3.73. The van der Waals surface area contributed by atoms with Crippen LogP contribution in [0.1, 0.15) is 22.3 Å². The number of fused-ring (bicyclic) bond motifs is 1. The summed E-state index contributed by atoms with van der Waals surface area (Å²) >= 11 is 0. The van der Waals surface area contributed by atoms with Crippen LogP contribution in [0, 0.1) is 11.3 Å². The van der Waals surface area contributed by atoms with E-state index in [1.807, 2.05) is 24.3 Å². The molecule has 2 amide bonds. The van der Waals surface area contributed by atoms with Crippen LogP contribution in [0.3, 0.4) is 0 Å². The van der Waals surface area contributed by atoms with E-state index in [1.165, 1.54) is 5.56 Å². The Morgan fingerprint density at radius 3 is 2.62 bits per heavy atom. The molecule has 0 spiro atoms. The molecule has 0 fully saturated rings. The molecule has 0 unspecified atom stereocenters. The Morgan fingerprint density at radius 2 is 1.92 bits per heavy atom. The van der Waals surface area contributed by atoms with Crippen molar-refractivity contribution in [1.29, 1.82) is 5.26 Å². The molecule has 6 nitrogen and oxygen atoms in total. The first kappa shape index (κ1) is 17.6. The SMILES string of the molecule is COc1cc2c(cc1OC)CN(C(=O)NCc1cccc(C#N)c1)CC2. The Kier molecular flexibility index (Phi) is 5.28. The van der Waals surface area contributed by atoms with Crippen molar-refractivity contribution < 1.29 is 14.3 Å². The number of carbonyl (C=O) groups excluding carboxylic acids is 1. The number of nitrogens with zero attached hydrogens (tertiary/aromatic N) is 2. The van der Waals surface area contributed by atoms with Crippen LogP contribution in [-0.4, -0.2) is 31.7 Å². The van der Waals surface area contributed by atoms with Gasteiger partial charge in [-0.25, -0.2) is 4.79 Å². The van der Waals surface area contributed by atoms with Crippen LogP contribution in [0.2, 0.25) is 0 Å². The molecule has 0 radical (unpaired) electrons. The number of benzene rings is 2. The number of hydrogen-bond donors (Lipinski definition) is 1. The van der Waals surface area contributed by atoms with Crippen molar-refractivity contribution in [3.63, 3.8) is 0 Å². The van der Waals surface area contributed by atoms with E-state index in [0.29, 0.717) is 36.7 Å². The van der Waals surface area contributed by atoms with Crippen molar-refractivity contribution in [3.05, 3.63) is 58.7 Å². The van der Waals surface area contributed by atoms with E-state index < -0.39 is 0 Å². The summed E-state index contributed by atoms with van der Waals surface area (Å²) in [5, 5.41) is 11.9. The lowest BCUT2D eigenvalue weighted by Gasteiger charge is -2.29. The van der Waals surface area contributed by atoms with Crippen molar-refractivity contribution in [2.45, 2.75) is 19.5 Å². The largest absolute Gasteiger partial charge is 0.493 e. The van der Waals surface area contributed by atoms with Gasteiger partial charge in [0.15, 0.2) is 11.5 Å². The maximum atomic E-state index is 12.5. The fraction of sp³-hybridized carbons (Fsp3) is 0.300. The van der Waals surface area contributed by atoms with Crippen LogP contribution in [0.15, 0.2) is 36.4 Å². The molecule has 1 aliphatic rings. The summed E-state index contributed by atoms with van der Waals surface area (Å²) in [5.74, 6) is 1.38. The number of amides is 2. The van der Waals surface area contributed by atoms with Gasteiger partial charge in [-0.3, -0.25) is 0 Å². The minimum atomic E-state index is -0.118. The zero-order valence-electron chi connectivity index (χ0n) is 14.9. The summed E-state index contributed by atoms with van der Waals surface area (Å²) in [6.45, 7) is 1.57. The molecule has 6 heteroatoms. The second-order valence-corrected chi connectivity index (χ2v) is 6.12. The summed E-state index contributed by atoms with van der Waals surface area (Å²) in [7, 11) is 3.22. The van der Waals surface area contributed by atoms with Gasteiger partial charge < -0.3 is 19.7 Å². The van der Waals surface area contributed by atoms with Gasteiger partial charge in [-0.05, 0) is 47.4 Å². The number of carbonyl (C=O) groups is 1. The summed E-state index contributed by atoms with van der Waals surface area (Å²) in [6.07, 6.45) is 0.771. The van der Waals surface area contributed by atoms with Crippen LogP contribution >= 0.6 is 0 Å². The maximum Gasteiger partial charge on any atom is 0.317 e. The van der Waals surface area contributed by atoms with Gasteiger partial charge in [0.25, 0.3) is 0 Å². The molecule has 1 N–H and O–H groups in total. The highest BCUT2D eigenvalue weighted by Gasteiger charge is 2.22.